The predicted octanol–water partition coefficient (Wildman–Crippen LogP) is 3.21. The van der Waals surface area contributed by atoms with Crippen molar-refractivity contribution in [2.75, 3.05) is 5.32 Å². The zero-order valence-electron chi connectivity index (χ0n) is 17.4. The van der Waals surface area contributed by atoms with E-state index in [1.54, 1.807) is 6.07 Å². The van der Waals surface area contributed by atoms with Gasteiger partial charge in [0.15, 0.2) is 5.65 Å². The molecule has 3 aromatic heterocycles. The second-order valence-electron chi connectivity index (χ2n) is 7.90. The molecule has 0 unspecified atom stereocenters. The number of hydrogen-bond donors (Lipinski definition) is 2. The van der Waals surface area contributed by atoms with Crippen molar-refractivity contribution in [2.45, 2.75) is 45.7 Å². The fraction of sp³-hybridized carbons (Fsp3) is 0.304. The highest BCUT2D eigenvalue weighted by Gasteiger charge is 2.28. The minimum Gasteiger partial charge on any atom is -0.348 e. The molecule has 31 heavy (non-hydrogen) atoms. The number of nitrogens with zero attached hydrogens (tertiary/aromatic N) is 3. The van der Waals surface area contributed by atoms with E-state index in [1.165, 1.54) is 4.57 Å². The Morgan fingerprint density at radius 3 is 2.68 bits per heavy atom. The molecule has 8 heteroatoms. The Bertz CT molecular complexity index is 1460. The van der Waals surface area contributed by atoms with E-state index in [4.69, 9.17) is 0 Å². The molecule has 0 aliphatic heterocycles. The molecule has 1 aromatic carbocycles. The number of pyridine rings is 1. The van der Waals surface area contributed by atoms with Gasteiger partial charge in [-0.05, 0) is 57.0 Å². The van der Waals surface area contributed by atoms with Crippen molar-refractivity contribution < 1.29 is 4.79 Å². The first-order valence-corrected chi connectivity index (χ1v) is 10.6. The van der Waals surface area contributed by atoms with E-state index in [9.17, 15) is 14.4 Å². The van der Waals surface area contributed by atoms with Crippen LogP contribution in [0.3, 0.4) is 0 Å². The molecule has 0 spiro atoms. The van der Waals surface area contributed by atoms with Crippen molar-refractivity contribution in [1.82, 2.24) is 19.1 Å². The van der Waals surface area contributed by atoms with Crippen LogP contribution in [-0.4, -0.2) is 25.0 Å². The third-order valence-electron chi connectivity index (χ3n) is 5.89. The van der Waals surface area contributed by atoms with Gasteiger partial charge in [0.2, 0.25) is 0 Å². The summed E-state index contributed by atoms with van der Waals surface area (Å²) >= 11 is 0. The van der Waals surface area contributed by atoms with Gasteiger partial charge in [0.25, 0.3) is 11.5 Å². The maximum Gasteiger partial charge on any atom is 0.329 e. The molecule has 1 aliphatic carbocycles. The zero-order valence-corrected chi connectivity index (χ0v) is 17.4. The monoisotopic (exact) mass is 417 g/mol. The van der Waals surface area contributed by atoms with E-state index < -0.39 is 17.2 Å². The smallest absolute Gasteiger partial charge is 0.329 e. The summed E-state index contributed by atoms with van der Waals surface area (Å²) in [5, 5.41) is 4.08. The Labute approximate surface area is 177 Å². The van der Waals surface area contributed by atoms with E-state index >= 15 is 0 Å². The van der Waals surface area contributed by atoms with Gasteiger partial charge in [0.05, 0.1) is 10.9 Å². The lowest BCUT2D eigenvalue weighted by molar-refractivity contribution is 0.102. The van der Waals surface area contributed by atoms with Crippen LogP contribution in [0.5, 0.6) is 0 Å². The van der Waals surface area contributed by atoms with E-state index in [1.807, 2.05) is 37.4 Å². The number of aromatic nitrogens is 4. The summed E-state index contributed by atoms with van der Waals surface area (Å²) in [4.78, 5) is 45.1. The molecular weight excluding hydrogens is 394 g/mol. The van der Waals surface area contributed by atoms with Crippen LogP contribution in [0, 0.1) is 0 Å². The molecule has 1 amide bonds. The Kier molecular flexibility index (Phi) is 4.50. The average molecular weight is 417 g/mol. The number of hydrogen-bond acceptors (Lipinski definition) is 4. The number of carbonyl (C=O) groups is 1. The molecule has 0 radical (unpaired) electrons. The molecule has 1 aliphatic rings. The van der Waals surface area contributed by atoms with Crippen molar-refractivity contribution in [3.63, 3.8) is 0 Å². The minimum atomic E-state index is -0.597. The molecule has 2 N–H and O–H groups in total. The number of anilines is 1. The normalized spacial score (nSPS) is 13.7. The molecule has 5 rings (SSSR count). The first-order valence-electron chi connectivity index (χ1n) is 10.6. The van der Waals surface area contributed by atoms with E-state index in [2.05, 4.69) is 26.8 Å². The Balaban J connectivity index is 1.62. The first kappa shape index (κ1) is 19.3. The van der Waals surface area contributed by atoms with Gasteiger partial charge in [0.1, 0.15) is 0 Å². The standard InChI is InChI=1S/C23H23N5O3/c1-3-27-10-9-14-11-15(7-8-18(14)27)24-21(29)16-12-17(13-5-6-13)25-20-19(16)22(30)26-23(31)28(20)4-2/h7-13H,3-6H2,1-2H3,(H,24,29)(H,26,30,31). The fourth-order valence-electron chi connectivity index (χ4n) is 4.11. The Morgan fingerprint density at radius 2 is 1.97 bits per heavy atom. The maximum atomic E-state index is 13.3. The van der Waals surface area contributed by atoms with Gasteiger partial charge in [-0.1, -0.05) is 0 Å². The van der Waals surface area contributed by atoms with Gasteiger partial charge in [-0.3, -0.25) is 19.1 Å². The lowest BCUT2D eigenvalue weighted by atomic mass is 10.1. The molecule has 0 atom stereocenters. The number of rotatable bonds is 5. The molecule has 1 saturated carbocycles. The van der Waals surface area contributed by atoms with Crippen molar-refractivity contribution in [3.05, 3.63) is 68.6 Å². The van der Waals surface area contributed by atoms with E-state index in [0.717, 1.165) is 36.0 Å². The van der Waals surface area contributed by atoms with Gasteiger partial charge >= 0.3 is 5.69 Å². The highest BCUT2D eigenvalue weighted by atomic mass is 16.2. The third kappa shape index (κ3) is 3.24. The van der Waals surface area contributed by atoms with Gasteiger partial charge in [-0.15, -0.1) is 0 Å². The van der Waals surface area contributed by atoms with Crippen molar-refractivity contribution in [1.29, 1.82) is 0 Å². The molecule has 158 valence electrons. The number of carbonyl (C=O) groups excluding carboxylic acids is 1. The van der Waals surface area contributed by atoms with Crippen LogP contribution in [0.25, 0.3) is 21.9 Å². The van der Waals surface area contributed by atoms with Crippen LogP contribution in [0.2, 0.25) is 0 Å². The van der Waals surface area contributed by atoms with Gasteiger partial charge < -0.3 is 9.88 Å². The number of amides is 1. The first-order chi connectivity index (χ1) is 15.0. The zero-order chi connectivity index (χ0) is 21.7. The summed E-state index contributed by atoms with van der Waals surface area (Å²) in [7, 11) is 0. The van der Waals surface area contributed by atoms with Crippen LogP contribution >= 0.6 is 0 Å². The quantitative estimate of drug-likeness (QED) is 0.521. The average Bonchev–Trinajstić information content (AvgIpc) is 3.53. The lowest BCUT2D eigenvalue weighted by Gasteiger charge is -2.13. The Hall–Kier alpha value is -3.68. The number of nitrogens with one attached hydrogen (secondary N) is 2. The highest BCUT2D eigenvalue weighted by molar-refractivity contribution is 6.12. The summed E-state index contributed by atoms with van der Waals surface area (Å²) in [5.41, 5.74) is 1.87. The number of aryl methyl sites for hydroxylation is 2. The number of fused-ring (bicyclic) bond motifs is 2. The van der Waals surface area contributed by atoms with Crippen LogP contribution in [-0.2, 0) is 13.1 Å². The topological polar surface area (TPSA) is 102 Å². The third-order valence-corrected chi connectivity index (χ3v) is 5.89. The molecule has 8 nitrogen and oxygen atoms in total. The molecule has 0 saturated heterocycles. The Morgan fingerprint density at radius 1 is 1.16 bits per heavy atom. The summed E-state index contributed by atoms with van der Waals surface area (Å²) in [5.74, 6) is -0.129. The highest BCUT2D eigenvalue weighted by Crippen LogP contribution is 2.40. The second kappa shape index (κ2) is 7.23. The summed E-state index contributed by atoms with van der Waals surface area (Å²) in [6, 6.07) is 9.43. The second-order valence-corrected chi connectivity index (χ2v) is 7.90. The molecule has 4 aromatic rings. The predicted molar refractivity (Wildman–Crippen MR) is 120 cm³/mol. The van der Waals surface area contributed by atoms with Gasteiger partial charge in [0, 0.05) is 47.5 Å². The van der Waals surface area contributed by atoms with Crippen molar-refractivity contribution in [2.24, 2.45) is 0 Å². The number of aromatic amines is 1. The SMILES string of the molecule is CCn1ccc2cc(NC(=O)c3cc(C4CC4)nc4c3c(=O)[nH]c(=O)n4CC)ccc21. The summed E-state index contributed by atoms with van der Waals surface area (Å²) < 4.78 is 3.53. The summed E-state index contributed by atoms with van der Waals surface area (Å²) in [6.07, 6.45) is 3.99. The molecule has 1 fully saturated rings. The van der Waals surface area contributed by atoms with Crippen LogP contribution in [0.1, 0.15) is 48.7 Å². The molecule has 0 bridgehead atoms. The largest absolute Gasteiger partial charge is 0.348 e. The van der Waals surface area contributed by atoms with Gasteiger partial charge in [-0.25, -0.2) is 9.78 Å². The molecular formula is C23H23N5O3. The van der Waals surface area contributed by atoms with Crippen LogP contribution in [0.4, 0.5) is 5.69 Å². The lowest BCUT2D eigenvalue weighted by Crippen LogP contribution is -2.32. The maximum absolute atomic E-state index is 13.3. The van der Waals surface area contributed by atoms with Gasteiger partial charge in [-0.2, -0.15) is 0 Å². The summed E-state index contributed by atoms with van der Waals surface area (Å²) in [6.45, 7) is 5.10. The minimum absolute atomic E-state index is 0.140. The van der Waals surface area contributed by atoms with Crippen LogP contribution < -0.4 is 16.6 Å². The molecule has 3 heterocycles. The number of H-pyrrole nitrogens is 1. The van der Waals surface area contributed by atoms with E-state index in [-0.39, 0.29) is 22.5 Å². The fourth-order valence-corrected chi connectivity index (χ4v) is 4.11. The van der Waals surface area contributed by atoms with Crippen molar-refractivity contribution >= 4 is 33.5 Å². The van der Waals surface area contributed by atoms with Crippen LogP contribution in [0.15, 0.2) is 46.1 Å². The van der Waals surface area contributed by atoms with E-state index in [0.29, 0.717) is 12.2 Å². The number of benzene rings is 1. The van der Waals surface area contributed by atoms with Crippen molar-refractivity contribution in [3.8, 4) is 0 Å².